The molecule has 1 aliphatic heterocycles. The van der Waals surface area contributed by atoms with Gasteiger partial charge in [0.05, 0.1) is 16.7 Å². The van der Waals surface area contributed by atoms with Crippen LogP contribution in [0.4, 0.5) is 0 Å². The molecule has 112 valence electrons. The smallest absolute Gasteiger partial charge is 0.0757 e. The van der Waals surface area contributed by atoms with Crippen LogP contribution >= 0.6 is 27.5 Å². The third-order valence-corrected chi connectivity index (χ3v) is 4.82. The van der Waals surface area contributed by atoms with E-state index >= 15 is 0 Å². The lowest BCUT2D eigenvalue weighted by Crippen LogP contribution is -2.53. The van der Waals surface area contributed by atoms with Gasteiger partial charge in [-0.3, -0.25) is 4.90 Å². The molecule has 1 aromatic rings. The van der Waals surface area contributed by atoms with Gasteiger partial charge < -0.3 is 10.5 Å². The molecule has 0 radical (unpaired) electrons. The Bertz CT molecular complexity index is 481. The molecule has 1 fully saturated rings. The van der Waals surface area contributed by atoms with Gasteiger partial charge in [-0.15, -0.1) is 0 Å². The number of rotatable bonds is 3. The molecule has 0 aromatic heterocycles. The number of benzene rings is 1. The van der Waals surface area contributed by atoms with Crippen molar-refractivity contribution in [2.24, 2.45) is 5.73 Å². The number of nitrogens with two attached hydrogens (primary N) is 1. The van der Waals surface area contributed by atoms with Crippen LogP contribution in [0.5, 0.6) is 0 Å². The predicted molar refractivity (Wildman–Crippen MR) is 87.1 cm³/mol. The Hall–Kier alpha value is -0.130. The van der Waals surface area contributed by atoms with Crippen LogP contribution in [-0.2, 0) is 4.74 Å². The average Bonchev–Trinajstić information content (AvgIpc) is 2.32. The highest BCUT2D eigenvalue weighted by atomic mass is 79.9. The highest BCUT2D eigenvalue weighted by molar-refractivity contribution is 9.10. The summed E-state index contributed by atoms with van der Waals surface area (Å²) < 4.78 is 6.87. The molecule has 1 heterocycles. The van der Waals surface area contributed by atoms with Gasteiger partial charge in [-0.2, -0.15) is 0 Å². The molecular weight excluding hydrogens is 340 g/mol. The predicted octanol–water partition coefficient (Wildman–Crippen LogP) is 3.60. The van der Waals surface area contributed by atoms with Gasteiger partial charge in [0.2, 0.25) is 0 Å². The van der Waals surface area contributed by atoms with E-state index in [0.29, 0.717) is 6.54 Å². The van der Waals surface area contributed by atoms with Gasteiger partial charge in [0.25, 0.3) is 0 Å². The first-order valence-electron chi connectivity index (χ1n) is 6.89. The van der Waals surface area contributed by atoms with Crippen LogP contribution in [0.1, 0.15) is 32.4 Å². The van der Waals surface area contributed by atoms with Crippen LogP contribution in [0.25, 0.3) is 0 Å². The minimum atomic E-state index is -0.149. The van der Waals surface area contributed by atoms with E-state index in [1.807, 2.05) is 12.1 Å². The third kappa shape index (κ3) is 3.74. The van der Waals surface area contributed by atoms with Crippen molar-refractivity contribution in [1.82, 2.24) is 4.90 Å². The number of ether oxygens (including phenoxy) is 1. The molecule has 3 nitrogen and oxygen atoms in total. The normalized spacial score (nSPS) is 24.6. The van der Waals surface area contributed by atoms with Crippen molar-refractivity contribution in [2.75, 3.05) is 19.6 Å². The van der Waals surface area contributed by atoms with Gasteiger partial charge in [-0.25, -0.2) is 0 Å². The van der Waals surface area contributed by atoms with Crippen molar-refractivity contribution in [1.29, 1.82) is 0 Å². The minimum absolute atomic E-state index is 0.149. The van der Waals surface area contributed by atoms with Crippen molar-refractivity contribution in [3.63, 3.8) is 0 Å². The van der Waals surface area contributed by atoms with E-state index in [2.05, 4.69) is 47.7 Å². The number of halogens is 2. The van der Waals surface area contributed by atoms with Gasteiger partial charge in [0.1, 0.15) is 0 Å². The Labute approximate surface area is 134 Å². The molecule has 2 atom stereocenters. The first-order chi connectivity index (χ1) is 9.32. The SMILES string of the molecule is CC1CN(C(CN)c2ccc(Br)c(Cl)c2)CC(C)(C)O1. The summed E-state index contributed by atoms with van der Waals surface area (Å²) in [6.45, 7) is 8.68. The van der Waals surface area contributed by atoms with Crippen molar-refractivity contribution in [3.8, 4) is 0 Å². The molecule has 0 spiro atoms. The molecule has 1 aliphatic rings. The summed E-state index contributed by atoms with van der Waals surface area (Å²) in [7, 11) is 0. The highest BCUT2D eigenvalue weighted by Gasteiger charge is 2.34. The van der Waals surface area contributed by atoms with E-state index in [4.69, 9.17) is 22.1 Å². The van der Waals surface area contributed by atoms with Crippen molar-refractivity contribution in [2.45, 2.75) is 38.5 Å². The minimum Gasteiger partial charge on any atom is -0.370 e. The fourth-order valence-electron chi connectivity index (χ4n) is 2.96. The molecule has 2 rings (SSSR count). The highest BCUT2D eigenvalue weighted by Crippen LogP contribution is 2.31. The average molecular weight is 362 g/mol. The van der Waals surface area contributed by atoms with Crippen molar-refractivity contribution < 1.29 is 4.74 Å². The van der Waals surface area contributed by atoms with Crippen molar-refractivity contribution in [3.05, 3.63) is 33.3 Å². The lowest BCUT2D eigenvalue weighted by Gasteiger charge is -2.45. The second-order valence-electron chi connectivity index (χ2n) is 6.04. The summed E-state index contributed by atoms with van der Waals surface area (Å²) in [5.74, 6) is 0. The second-order valence-corrected chi connectivity index (χ2v) is 7.30. The number of hydrogen-bond donors (Lipinski definition) is 1. The zero-order chi connectivity index (χ0) is 14.9. The molecule has 0 aliphatic carbocycles. The fraction of sp³-hybridized carbons (Fsp3) is 0.600. The van der Waals surface area contributed by atoms with E-state index in [9.17, 15) is 0 Å². The summed E-state index contributed by atoms with van der Waals surface area (Å²) in [5, 5.41) is 0.724. The molecule has 0 bridgehead atoms. The standard InChI is InChI=1S/C15H22BrClN2O/c1-10-8-19(9-15(2,3)20-10)14(7-18)11-4-5-12(16)13(17)6-11/h4-6,10,14H,7-9,18H2,1-3H3. The van der Waals surface area contributed by atoms with Gasteiger partial charge in [-0.05, 0) is 54.4 Å². The van der Waals surface area contributed by atoms with E-state index in [1.54, 1.807) is 0 Å². The Morgan fingerprint density at radius 1 is 1.55 bits per heavy atom. The van der Waals surface area contributed by atoms with Gasteiger partial charge in [0.15, 0.2) is 0 Å². The lowest BCUT2D eigenvalue weighted by molar-refractivity contribution is -0.137. The zero-order valence-electron chi connectivity index (χ0n) is 12.2. The monoisotopic (exact) mass is 360 g/mol. The number of hydrogen-bond acceptors (Lipinski definition) is 3. The topological polar surface area (TPSA) is 38.5 Å². The first kappa shape index (κ1) is 16.2. The maximum Gasteiger partial charge on any atom is 0.0757 e. The van der Waals surface area contributed by atoms with Gasteiger partial charge in [0, 0.05) is 30.1 Å². The van der Waals surface area contributed by atoms with Crippen LogP contribution in [0.15, 0.2) is 22.7 Å². The molecule has 20 heavy (non-hydrogen) atoms. The van der Waals surface area contributed by atoms with Crippen LogP contribution in [0.3, 0.4) is 0 Å². The number of morpholine rings is 1. The maximum atomic E-state index is 6.21. The summed E-state index contributed by atoms with van der Waals surface area (Å²) in [6.07, 6.45) is 0.207. The molecular formula is C15H22BrClN2O. The van der Waals surface area contributed by atoms with Crippen molar-refractivity contribution >= 4 is 27.5 Å². The fourth-order valence-corrected chi connectivity index (χ4v) is 3.39. The van der Waals surface area contributed by atoms with Crippen LogP contribution in [0, 0.1) is 0 Å². The summed E-state index contributed by atoms with van der Waals surface area (Å²) in [5.41, 5.74) is 7.03. The zero-order valence-corrected chi connectivity index (χ0v) is 14.5. The lowest BCUT2D eigenvalue weighted by atomic mass is 9.99. The summed E-state index contributed by atoms with van der Waals surface area (Å²) >= 11 is 9.63. The second kappa shape index (κ2) is 6.32. The van der Waals surface area contributed by atoms with Crippen LogP contribution in [-0.4, -0.2) is 36.2 Å². The number of nitrogens with zero attached hydrogens (tertiary/aromatic N) is 1. The molecule has 1 aromatic carbocycles. The quantitative estimate of drug-likeness (QED) is 0.894. The summed E-state index contributed by atoms with van der Waals surface area (Å²) in [4.78, 5) is 2.40. The van der Waals surface area contributed by atoms with E-state index in [0.717, 1.165) is 28.1 Å². The Kier molecular flexibility index (Phi) is 5.14. The van der Waals surface area contributed by atoms with Gasteiger partial charge in [-0.1, -0.05) is 17.7 Å². The third-order valence-electron chi connectivity index (χ3n) is 3.59. The molecule has 2 unspecified atom stereocenters. The van der Waals surface area contributed by atoms with Gasteiger partial charge >= 0.3 is 0 Å². The summed E-state index contributed by atoms with van der Waals surface area (Å²) in [6, 6.07) is 6.23. The Morgan fingerprint density at radius 3 is 2.80 bits per heavy atom. The van der Waals surface area contributed by atoms with Crippen LogP contribution < -0.4 is 5.73 Å². The molecule has 0 saturated carbocycles. The Balaban J connectivity index is 2.25. The largest absolute Gasteiger partial charge is 0.370 e. The molecule has 5 heteroatoms. The first-order valence-corrected chi connectivity index (χ1v) is 8.06. The van der Waals surface area contributed by atoms with E-state index in [1.165, 1.54) is 0 Å². The Morgan fingerprint density at radius 2 is 2.25 bits per heavy atom. The van der Waals surface area contributed by atoms with E-state index < -0.39 is 0 Å². The maximum absolute atomic E-state index is 6.21. The van der Waals surface area contributed by atoms with E-state index in [-0.39, 0.29) is 17.7 Å². The van der Waals surface area contributed by atoms with Crippen LogP contribution in [0.2, 0.25) is 5.02 Å². The molecule has 0 amide bonds. The molecule has 1 saturated heterocycles. The molecule has 2 N–H and O–H groups in total.